The summed E-state index contributed by atoms with van der Waals surface area (Å²) in [6.45, 7) is 3.16. The summed E-state index contributed by atoms with van der Waals surface area (Å²) in [5, 5.41) is 7.11. The van der Waals surface area contributed by atoms with Crippen molar-refractivity contribution in [3.05, 3.63) is 53.3 Å². The Morgan fingerprint density at radius 2 is 1.96 bits per heavy atom. The molecule has 1 aliphatic heterocycles. The van der Waals surface area contributed by atoms with Crippen molar-refractivity contribution in [1.29, 1.82) is 0 Å². The molecule has 0 aliphatic carbocycles. The van der Waals surface area contributed by atoms with Crippen molar-refractivity contribution in [3.8, 4) is 11.1 Å². The van der Waals surface area contributed by atoms with E-state index >= 15 is 0 Å². The van der Waals surface area contributed by atoms with Crippen LogP contribution in [0.2, 0.25) is 5.02 Å². The Morgan fingerprint density at radius 1 is 1.23 bits per heavy atom. The van der Waals surface area contributed by atoms with Crippen molar-refractivity contribution in [2.75, 3.05) is 33.4 Å². The summed E-state index contributed by atoms with van der Waals surface area (Å²) in [6, 6.07) is 9.36. The van der Waals surface area contributed by atoms with Gasteiger partial charge in [0, 0.05) is 42.0 Å². The monoisotopic (exact) mass is 373 g/mol. The van der Waals surface area contributed by atoms with Crippen LogP contribution >= 0.6 is 11.6 Å². The van der Waals surface area contributed by atoms with E-state index in [-0.39, 0.29) is 11.3 Å². The number of aromatic nitrogens is 1. The highest BCUT2D eigenvalue weighted by molar-refractivity contribution is 6.30. The quantitative estimate of drug-likeness (QED) is 0.816. The van der Waals surface area contributed by atoms with E-state index in [1.165, 1.54) is 0 Å². The summed E-state index contributed by atoms with van der Waals surface area (Å²) in [7, 11) is 1.71. The number of benzene rings is 1. The molecule has 0 saturated carbocycles. The lowest BCUT2D eigenvalue weighted by Gasteiger charge is -2.37. The highest BCUT2D eigenvalue weighted by Gasteiger charge is 2.32. The van der Waals surface area contributed by atoms with Gasteiger partial charge in [0.05, 0.1) is 12.2 Å². The number of hydrogen-bond donors (Lipinski definition) is 2. The summed E-state index contributed by atoms with van der Waals surface area (Å²) in [4.78, 5) is 16.9. The zero-order valence-electron chi connectivity index (χ0n) is 14.9. The first-order valence-corrected chi connectivity index (χ1v) is 9.19. The third kappa shape index (κ3) is 4.61. The first-order chi connectivity index (χ1) is 12.6. The lowest BCUT2D eigenvalue weighted by atomic mass is 9.79. The molecule has 3 rings (SSSR count). The number of rotatable bonds is 6. The van der Waals surface area contributed by atoms with Crippen LogP contribution in [-0.2, 0) is 4.74 Å². The fourth-order valence-electron chi connectivity index (χ4n) is 3.37. The van der Waals surface area contributed by atoms with Crippen LogP contribution in [-0.4, -0.2) is 44.2 Å². The van der Waals surface area contributed by atoms with Gasteiger partial charge in [-0.15, -0.1) is 0 Å². The second-order valence-corrected chi connectivity index (χ2v) is 7.27. The van der Waals surface area contributed by atoms with Gasteiger partial charge in [0.2, 0.25) is 0 Å². The van der Waals surface area contributed by atoms with Crippen molar-refractivity contribution in [2.45, 2.75) is 12.8 Å². The lowest BCUT2D eigenvalue weighted by Crippen LogP contribution is -2.47. The SMILES string of the molecule is COCC1(CNC(=O)c2cncc(-c3ccc(Cl)cc3)c2)CCNCC1. The maximum atomic E-state index is 12.6. The van der Waals surface area contributed by atoms with Gasteiger partial charge in [0.1, 0.15) is 0 Å². The molecule has 0 atom stereocenters. The van der Waals surface area contributed by atoms with E-state index < -0.39 is 0 Å². The van der Waals surface area contributed by atoms with Crippen LogP contribution < -0.4 is 10.6 Å². The van der Waals surface area contributed by atoms with Gasteiger partial charge in [-0.25, -0.2) is 0 Å². The molecule has 1 saturated heterocycles. The van der Waals surface area contributed by atoms with Crippen LogP contribution in [0.3, 0.4) is 0 Å². The van der Waals surface area contributed by atoms with Crippen LogP contribution in [0.5, 0.6) is 0 Å². The number of carbonyl (C=O) groups excluding carboxylic acids is 1. The molecule has 26 heavy (non-hydrogen) atoms. The van der Waals surface area contributed by atoms with Gasteiger partial charge in [-0.2, -0.15) is 0 Å². The summed E-state index contributed by atoms with van der Waals surface area (Å²) in [5.74, 6) is -0.109. The van der Waals surface area contributed by atoms with E-state index in [0.717, 1.165) is 37.1 Å². The Kier molecular flexibility index (Phi) is 6.25. The lowest BCUT2D eigenvalue weighted by molar-refractivity contribution is 0.0511. The van der Waals surface area contributed by atoms with Gasteiger partial charge >= 0.3 is 0 Å². The average molecular weight is 374 g/mol. The maximum Gasteiger partial charge on any atom is 0.252 e. The molecule has 2 aromatic rings. The zero-order valence-corrected chi connectivity index (χ0v) is 15.7. The number of ether oxygens (including phenoxy) is 1. The summed E-state index contributed by atoms with van der Waals surface area (Å²) < 4.78 is 5.41. The van der Waals surface area contributed by atoms with Crippen LogP contribution in [0.15, 0.2) is 42.7 Å². The van der Waals surface area contributed by atoms with Crippen molar-refractivity contribution in [2.24, 2.45) is 5.41 Å². The smallest absolute Gasteiger partial charge is 0.252 e. The molecular formula is C20H24ClN3O2. The molecule has 1 aromatic carbocycles. The van der Waals surface area contributed by atoms with Gasteiger partial charge in [-0.1, -0.05) is 23.7 Å². The highest BCUT2D eigenvalue weighted by atomic mass is 35.5. The number of amides is 1. The van der Waals surface area contributed by atoms with E-state index in [1.807, 2.05) is 30.3 Å². The zero-order chi connectivity index (χ0) is 18.4. The minimum absolute atomic E-state index is 0.00310. The molecule has 1 amide bonds. The topological polar surface area (TPSA) is 63.2 Å². The Bertz CT molecular complexity index is 737. The van der Waals surface area contributed by atoms with E-state index in [1.54, 1.807) is 19.5 Å². The van der Waals surface area contributed by atoms with Gasteiger partial charge < -0.3 is 15.4 Å². The number of carbonyl (C=O) groups is 1. The Labute approximate surface area is 159 Å². The van der Waals surface area contributed by atoms with Crippen molar-refractivity contribution < 1.29 is 9.53 Å². The third-order valence-electron chi connectivity index (χ3n) is 4.92. The minimum atomic E-state index is -0.109. The van der Waals surface area contributed by atoms with Crippen LogP contribution in [0.4, 0.5) is 0 Å². The molecular weight excluding hydrogens is 350 g/mol. The molecule has 5 nitrogen and oxygen atoms in total. The number of nitrogens with one attached hydrogen (secondary N) is 2. The molecule has 0 unspecified atom stereocenters. The van der Waals surface area contributed by atoms with Gasteiger partial charge in [-0.3, -0.25) is 9.78 Å². The second-order valence-electron chi connectivity index (χ2n) is 6.83. The third-order valence-corrected chi connectivity index (χ3v) is 5.17. The van der Waals surface area contributed by atoms with E-state index in [2.05, 4.69) is 15.6 Å². The molecule has 1 aromatic heterocycles. The maximum absolute atomic E-state index is 12.6. The molecule has 138 valence electrons. The molecule has 0 radical (unpaired) electrons. The summed E-state index contributed by atoms with van der Waals surface area (Å²) >= 11 is 5.94. The number of methoxy groups -OCH3 is 1. The highest BCUT2D eigenvalue weighted by Crippen LogP contribution is 2.28. The standard InChI is InChI=1S/C20H24ClN3O2/c1-26-14-20(6-8-22-9-7-20)13-24-19(25)17-10-16(11-23-12-17)15-2-4-18(21)5-3-15/h2-5,10-12,22H,6-9,13-14H2,1H3,(H,24,25). The van der Waals surface area contributed by atoms with Crippen LogP contribution in [0.1, 0.15) is 23.2 Å². The largest absolute Gasteiger partial charge is 0.384 e. The minimum Gasteiger partial charge on any atom is -0.384 e. The van der Waals surface area contributed by atoms with Crippen molar-refractivity contribution >= 4 is 17.5 Å². The molecule has 0 bridgehead atoms. The molecule has 1 fully saturated rings. The van der Waals surface area contributed by atoms with Crippen LogP contribution in [0, 0.1) is 5.41 Å². The van der Waals surface area contributed by atoms with Gasteiger partial charge in [0.15, 0.2) is 0 Å². The fourth-order valence-corrected chi connectivity index (χ4v) is 3.50. The number of nitrogens with zero attached hydrogens (tertiary/aromatic N) is 1. The van der Waals surface area contributed by atoms with E-state index in [4.69, 9.17) is 16.3 Å². The Morgan fingerprint density at radius 3 is 2.65 bits per heavy atom. The van der Waals surface area contributed by atoms with Gasteiger partial charge in [-0.05, 0) is 49.7 Å². The molecule has 2 N–H and O–H groups in total. The second kappa shape index (κ2) is 8.62. The number of hydrogen-bond acceptors (Lipinski definition) is 4. The van der Waals surface area contributed by atoms with E-state index in [9.17, 15) is 4.79 Å². The summed E-state index contributed by atoms with van der Waals surface area (Å²) in [6.07, 6.45) is 5.33. The predicted octanol–water partition coefficient (Wildman–Crippen LogP) is 3.15. The first-order valence-electron chi connectivity index (χ1n) is 8.81. The normalized spacial score (nSPS) is 16.2. The van der Waals surface area contributed by atoms with Gasteiger partial charge in [0.25, 0.3) is 5.91 Å². The fraction of sp³-hybridized carbons (Fsp3) is 0.400. The van der Waals surface area contributed by atoms with Crippen molar-refractivity contribution in [1.82, 2.24) is 15.6 Å². The Balaban J connectivity index is 1.69. The number of piperidine rings is 1. The Hall–Kier alpha value is -1.95. The molecule has 0 spiro atoms. The average Bonchev–Trinajstić information content (AvgIpc) is 2.68. The molecule has 1 aliphatic rings. The number of halogens is 1. The van der Waals surface area contributed by atoms with Crippen LogP contribution in [0.25, 0.3) is 11.1 Å². The van der Waals surface area contributed by atoms with Crippen molar-refractivity contribution in [3.63, 3.8) is 0 Å². The predicted molar refractivity (Wildman–Crippen MR) is 103 cm³/mol. The molecule has 2 heterocycles. The van der Waals surface area contributed by atoms with E-state index in [0.29, 0.717) is 23.7 Å². The molecule has 6 heteroatoms. The number of pyridine rings is 1. The first kappa shape index (κ1) is 18.8. The summed E-state index contributed by atoms with van der Waals surface area (Å²) in [5.41, 5.74) is 2.42.